The maximum Gasteiger partial charge on any atom is 0.267 e. The van der Waals surface area contributed by atoms with Crippen molar-refractivity contribution in [1.29, 1.82) is 0 Å². The zero-order valence-electron chi connectivity index (χ0n) is 13.6. The third-order valence-corrected chi connectivity index (χ3v) is 6.02. The molecule has 0 atom stereocenters. The largest absolute Gasteiger partial charge is 0.369 e. The average Bonchev–Trinajstić information content (AvgIpc) is 3.00. The van der Waals surface area contributed by atoms with E-state index in [2.05, 4.69) is 15.5 Å². The number of anilines is 2. The Labute approximate surface area is 155 Å². The summed E-state index contributed by atoms with van der Waals surface area (Å²) >= 11 is 7.80. The van der Waals surface area contributed by atoms with Gasteiger partial charge in [-0.15, -0.1) is 11.3 Å². The van der Waals surface area contributed by atoms with Crippen LogP contribution in [0.25, 0.3) is 10.1 Å². The summed E-state index contributed by atoms with van der Waals surface area (Å²) in [5.74, 6) is -0.166. The normalized spacial score (nSPS) is 14.7. The van der Waals surface area contributed by atoms with E-state index in [9.17, 15) is 4.79 Å². The Morgan fingerprint density at radius 3 is 2.52 bits per heavy atom. The first-order valence-electron chi connectivity index (χ1n) is 8.26. The van der Waals surface area contributed by atoms with Crippen LogP contribution in [0.5, 0.6) is 0 Å². The molecule has 2 aromatic carbocycles. The van der Waals surface area contributed by atoms with Crippen molar-refractivity contribution in [3.8, 4) is 0 Å². The van der Waals surface area contributed by atoms with Crippen LogP contribution in [-0.2, 0) is 0 Å². The molecule has 0 radical (unpaired) electrons. The molecule has 0 spiro atoms. The predicted octanol–water partition coefficient (Wildman–Crippen LogP) is 4.22. The van der Waals surface area contributed by atoms with Crippen LogP contribution in [0.2, 0.25) is 5.02 Å². The van der Waals surface area contributed by atoms with Crippen LogP contribution in [0.3, 0.4) is 0 Å². The van der Waals surface area contributed by atoms with Gasteiger partial charge in [-0.3, -0.25) is 4.79 Å². The van der Waals surface area contributed by atoms with Crippen molar-refractivity contribution in [2.45, 2.75) is 0 Å². The Morgan fingerprint density at radius 2 is 1.80 bits per heavy atom. The summed E-state index contributed by atoms with van der Waals surface area (Å²) in [6, 6.07) is 15.8. The predicted molar refractivity (Wildman–Crippen MR) is 106 cm³/mol. The van der Waals surface area contributed by atoms with E-state index in [1.807, 2.05) is 48.5 Å². The molecule has 6 heteroatoms. The molecule has 25 heavy (non-hydrogen) atoms. The first-order chi connectivity index (χ1) is 12.2. The third-order valence-electron chi connectivity index (χ3n) is 4.35. The van der Waals surface area contributed by atoms with Crippen LogP contribution in [0.15, 0.2) is 48.5 Å². The van der Waals surface area contributed by atoms with Crippen LogP contribution in [-0.4, -0.2) is 32.1 Å². The molecule has 4 rings (SSSR count). The van der Waals surface area contributed by atoms with E-state index in [1.54, 1.807) is 0 Å². The number of fused-ring (bicyclic) bond motifs is 1. The molecule has 0 unspecified atom stereocenters. The summed E-state index contributed by atoms with van der Waals surface area (Å²) in [4.78, 5) is 15.5. The summed E-state index contributed by atoms with van der Waals surface area (Å²) in [5.41, 5.74) is 1.96. The summed E-state index contributed by atoms with van der Waals surface area (Å²) in [7, 11) is 0. The number of nitrogens with one attached hydrogen (secondary N) is 2. The molecule has 0 bridgehead atoms. The first kappa shape index (κ1) is 16.4. The highest BCUT2D eigenvalue weighted by Gasteiger charge is 2.17. The molecule has 3 aromatic rings. The number of amides is 1. The van der Waals surface area contributed by atoms with E-state index in [0.29, 0.717) is 9.90 Å². The monoisotopic (exact) mass is 371 g/mol. The lowest BCUT2D eigenvalue weighted by Crippen LogP contribution is -2.43. The number of carbonyl (C=O) groups is 1. The molecule has 128 valence electrons. The van der Waals surface area contributed by atoms with E-state index < -0.39 is 0 Å². The molecule has 0 saturated carbocycles. The quantitative estimate of drug-likeness (QED) is 0.724. The van der Waals surface area contributed by atoms with Gasteiger partial charge in [0.25, 0.3) is 5.91 Å². The second-order valence-electron chi connectivity index (χ2n) is 5.98. The van der Waals surface area contributed by atoms with E-state index in [0.717, 1.165) is 42.0 Å². The van der Waals surface area contributed by atoms with Gasteiger partial charge in [0.1, 0.15) is 4.88 Å². The fourth-order valence-electron chi connectivity index (χ4n) is 3.03. The molecule has 1 aliphatic heterocycles. The minimum absolute atomic E-state index is 0.166. The van der Waals surface area contributed by atoms with Gasteiger partial charge in [0.05, 0.1) is 5.02 Å². The molecule has 2 N–H and O–H groups in total. The van der Waals surface area contributed by atoms with E-state index in [4.69, 9.17) is 11.6 Å². The van der Waals surface area contributed by atoms with Crippen molar-refractivity contribution in [2.24, 2.45) is 0 Å². The minimum Gasteiger partial charge on any atom is -0.369 e. The Bertz CT molecular complexity index is 901. The molecule has 2 heterocycles. The third kappa shape index (κ3) is 3.35. The SMILES string of the molecule is O=C(Nc1ccc(N2CCNCC2)cc1)c1sc2ccccc2c1Cl. The van der Waals surface area contributed by atoms with Crippen molar-refractivity contribution in [3.05, 3.63) is 58.4 Å². The number of piperazine rings is 1. The molecular weight excluding hydrogens is 354 g/mol. The smallest absolute Gasteiger partial charge is 0.267 e. The van der Waals surface area contributed by atoms with Gasteiger partial charge in [-0.05, 0) is 30.3 Å². The van der Waals surface area contributed by atoms with Crippen molar-refractivity contribution in [1.82, 2.24) is 5.32 Å². The number of thiophene rings is 1. The van der Waals surface area contributed by atoms with Gasteiger partial charge in [-0.1, -0.05) is 29.8 Å². The zero-order chi connectivity index (χ0) is 17.2. The number of nitrogens with zero attached hydrogens (tertiary/aromatic N) is 1. The summed E-state index contributed by atoms with van der Waals surface area (Å²) in [6.07, 6.45) is 0. The van der Waals surface area contributed by atoms with E-state index in [-0.39, 0.29) is 5.91 Å². The summed E-state index contributed by atoms with van der Waals surface area (Å²) < 4.78 is 1.02. The maximum absolute atomic E-state index is 12.6. The van der Waals surface area contributed by atoms with Gasteiger partial charge >= 0.3 is 0 Å². The van der Waals surface area contributed by atoms with Crippen molar-refractivity contribution in [2.75, 3.05) is 36.4 Å². The number of hydrogen-bond acceptors (Lipinski definition) is 4. The lowest BCUT2D eigenvalue weighted by Gasteiger charge is -2.29. The zero-order valence-corrected chi connectivity index (χ0v) is 15.2. The van der Waals surface area contributed by atoms with E-state index in [1.165, 1.54) is 17.0 Å². The topological polar surface area (TPSA) is 44.4 Å². The Morgan fingerprint density at radius 1 is 1.08 bits per heavy atom. The molecule has 1 amide bonds. The van der Waals surface area contributed by atoms with Crippen LogP contribution < -0.4 is 15.5 Å². The number of carbonyl (C=O) groups excluding carboxylic acids is 1. The minimum atomic E-state index is -0.166. The van der Waals surface area contributed by atoms with Crippen LogP contribution in [0.4, 0.5) is 11.4 Å². The number of rotatable bonds is 3. The highest BCUT2D eigenvalue weighted by molar-refractivity contribution is 7.21. The van der Waals surface area contributed by atoms with Gasteiger partial charge in [0, 0.05) is 47.6 Å². The van der Waals surface area contributed by atoms with Gasteiger partial charge in [0.15, 0.2) is 0 Å². The first-order valence-corrected chi connectivity index (χ1v) is 9.46. The van der Waals surface area contributed by atoms with Gasteiger partial charge in [-0.25, -0.2) is 0 Å². The summed E-state index contributed by atoms with van der Waals surface area (Å²) in [5, 5.41) is 7.74. The number of halogens is 1. The maximum atomic E-state index is 12.6. The van der Waals surface area contributed by atoms with Crippen LogP contribution in [0.1, 0.15) is 9.67 Å². The number of hydrogen-bond donors (Lipinski definition) is 2. The average molecular weight is 372 g/mol. The fourth-order valence-corrected chi connectivity index (χ4v) is 4.44. The lowest BCUT2D eigenvalue weighted by molar-refractivity contribution is 0.103. The van der Waals surface area contributed by atoms with Crippen molar-refractivity contribution >= 4 is 50.3 Å². The second kappa shape index (κ2) is 7.04. The second-order valence-corrected chi connectivity index (χ2v) is 7.41. The van der Waals surface area contributed by atoms with Crippen molar-refractivity contribution < 1.29 is 4.79 Å². The number of benzene rings is 2. The summed E-state index contributed by atoms with van der Waals surface area (Å²) in [6.45, 7) is 4.01. The molecule has 1 aliphatic rings. The fraction of sp³-hybridized carbons (Fsp3) is 0.211. The Hall–Kier alpha value is -2.08. The Kier molecular flexibility index (Phi) is 4.61. The highest BCUT2D eigenvalue weighted by Crippen LogP contribution is 2.35. The van der Waals surface area contributed by atoms with E-state index >= 15 is 0 Å². The Balaban J connectivity index is 1.51. The molecule has 1 aromatic heterocycles. The van der Waals surface area contributed by atoms with Gasteiger partial charge in [-0.2, -0.15) is 0 Å². The van der Waals surface area contributed by atoms with Crippen LogP contribution >= 0.6 is 22.9 Å². The standard InChI is InChI=1S/C19H18ClN3OS/c20-17-15-3-1-2-4-16(15)25-18(17)19(24)22-13-5-7-14(8-6-13)23-11-9-21-10-12-23/h1-8,21H,9-12H2,(H,22,24). The van der Waals surface area contributed by atoms with Crippen LogP contribution in [0, 0.1) is 0 Å². The van der Waals surface area contributed by atoms with Crippen molar-refractivity contribution in [3.63, 3.8) is 0 Å². The van der Waals surface area contributed by atoms with Gasteiger partial charge < -0.3 is 15.5 Å². The molecule has 1 saturated heterocycles. The molecule has 4 nitrogen and oxygen atoms in total. The molecular formula is C19H18ClN3OS. The lowest BCUT2D eigenvalue weighted by atomic mass is 10.2. The molecule has 0 aliphatic carbocycles. The van der Waals surface area contributed by atoms with Gasteiger partial charge in [0.2, 0.25) is 0 Å². The highest BCUT2D eigenvalue weighted by atomic mass is 35.5. The molecule has 1 fully saturated rings.